The van der Waals surface area contributed by atoms with Gasteiger partial charge in [-0.25, -0.2) is 4.79 Å². The Kier molecular flexibility index (Phi) is 2.71. The first-order valence-electron chi connectivity index (χ1n) is 6.36. The molecule has 0 bridgehead atoms. The highest BCUT2D eigenvalue weighted by Gasteiger charge is 2.61. The summed E-state index contributed by atoms with van der Waals surface area (Å²) < 4.78 is 0. The van der Waals surface area contributed by atoms with E-state index in [0.717, 1.165) is 25.7 Å². The van der Waals surface area contributed by atoms with Gasteiger partial charge in [-0.05, 0) is 37.5 Å². The molecule has 0 spiro atoms. The molecule has 1 amide bonds. The molecule has 4 heteroatoms. The van der Waals surface area contributed by atoms with Crippen LogP contribution in [0, 0.1) is 5.41 Å². The maximum Gasteiger partial charge on any atom is 0.330 e. The van der Waals surface area contributed by atoms with Crippen molar-refractivity contribution in [1.82, 2.24) is 4.90 Å². The molecule has 1 unspecified atom stereocenters. The molecule has 4 nitrogen and oxygen atoms in total. The van der Waals surface area contributed by atoms with Crippen molar-refractivity contribution in [3.63, 3.8) is 0 Å². The number of nitrogens with zero attached hydrogens (tertiary/aromatic N) is 1. The summed E-state index contributed by atoms with van der Waals surface area (Å²) in [5.41, 5.74) is -1.33. The first-order chi connectivity index (χ1) is 7.83. The van der Waals surface area contributed by atoms with Gasteiger partial charge in [-0.2, -0.15) is 0 Å². The number of hydrogen-bond donors (Lipinski definition) is 1. The van der Waals surface area contributed by atoms with E-state index in [1.54, 1.807) is 4.90 Å². The van der Waals surface area contributed by atoms with E-state index in [0.29, 0.717) is 6.42 Å². The molecule has 0 aromatic carbocycles. The van der Waals surface area contributed by atoms with Crippen LogP contribution in [0.3, 0.4) is 0 Å². The fourth-order valence-corrected chi connectivity index (χ4v) is 3.45. The number of aliphatic carboxylic acids is 1. The molecule has 2 saturated carbocycles. The van der Waals surface area contributed by atoms with Gasteiger partial charge in [-0.15, -0.1) is 0 Å². The largest absolute Gasteiger partial charge is 0.479 e. The maximum absolute atomic E-state index is 11.9. The lowest BCUT2D eigenvalue weighted by atomic mass is 9.73. The zero-order valence-electron chi connectivity index (χ0n) is 10.8. The van der Waals surface area contributed by atoms with E-state index in [2.05, 4.69) is 0 Å². The molecular formula is C13H21NO3. The average Bonchev–Trinajstić information content (AvgIpc) is 2.93. The average molecular weight is 239 g/mol. The molecule has 0 aromatic rings. The van der Waals surface area contributed by atoms with Crippen molar-refractivity contribution in [1.29, 1.82) is 0 Å². The van der Waals surface area contributed by atoms with Gasteiger partial charge < -0.3 is 10.0 Å². The van der Waals surface area contributed by atoms with E-state index in [4.69, 9.17) is 0 Å². The number of amides is 1. The number of carbonyl (C=O) groups is 2. The summed E-state index contributed by atoms with van der Waals surface area (Å²) in [6, 6.07) is 0.154. The van der Waals surface area contributed by atoms with Gasteiger partial charge in [0.2, 0.25) is 5.91 Å². The summed E-state index contributed by atoms with van der Waals surface area (Å²) in [4.78, 5) is 25.4. The maximum atomic E-state index is 11.9. The fourth-order valence-electron chi connectivity index (χ4n) is 3.45. The minimum atomic E-state index is -0.986. The zero-order valence-corrected chi connectivity index (χ0v) is 10.8. The fraction of sp³-hybridized carbons (Fsp3) is 0.846. The van der Waals surface area contributed by atoms with E-state index < -0.39 is 11.5 Å². The summed E-state index contributed by atoms with van der Waals surface area (Å²) in [5.74, 6) is -0.924. The third-order valence-electron chi connectivity index (χ3n) is 4.48. The molecule has 0 saturated heterocycles. The highest BCUT2D eigenvalue weighted by Crippen LogP contribution is 2.52. The standard InChI is InChI=1S/C13H21NO3/c1-9(15)14(10-5-6-10)13(11(16)17)8-4-7-12(13,2)3/h10H,4-8H2,1-3H3,(H,16,17). The summed E-state index contributed by atoms with van der Waals surface area (Å²) in [6.07, 6.45) is 4.24. The van der Waals surface area contributed by atoms with Crippen molar-refractivity contribution < 1.29 is 14.7 Å². The molecular weight excluding hydrogens is 218 g/mol. The normalized spacial score (nSPS) is 31.2. The molecule has 2 fully saturated rings. The first kappa shape index (κ1) is 12.4. The minimum Gasteiger partial charge on any atom is -0.479 e. The number of hydrogen-bond acceptors (Lipinski definition) is 2. The molecule has 2 aliphatic rings. The van der Waals surface area contributed by atoms with Crippen molar-refractivity contribution in [2.75, 3.05) is 0 Å². The van der Waals surface area contributed by atoms with Gasteiger partial charge in [0.15, 0.2) is 0 Å². The SMILES string of the molecule is CC(=O)N(C1CC1)C1(C(=O)O)CCCC1(C)C. The third kappa shape index (κ3) is 1.65. The smallest absolute Gasteiger partial charge is 0.330 e. The molecule has 1 N–H and O–H groups in total. The molecule has 2 rings (SSSR count). The minimum absolute atomic E-state index is 0.0927. The number of carbonyl (C=O) groups excluding carboxylic acids is 1. The molecule has 17 heavy (non-hydrogen) atoms. The van der Waals surface area contributed by atoms with E-state index in [1.165, 1.54) is 6.92 Å². The molecule has 0 radical (unpaired) electrons. The van der Waals surface area contributed by atoms with Gasteiger partial charge in [0.05, 0.1) is 0 Å². The van der Waals surface area contributed by atoms with Crippen LogP contribution in [0.25, 0.3) is 0 Å². The van der Waals surface area contributed by atoms with Crippen molar-refractivity contribution in [3.05, 3.63) is 0 Å². The lowest BCUT2D eigenvalue weighted by Gasteiger charge is -2.46. The van der Waals surface area contributed by atoms with Crippen LogP contribution in [0.15, 0.2) is 0 Å². The second-order valence-corrected chi connectivity index (χ2v) is 6.02. The first-order valence-corrected chi connectivity index (χ1v) is 6.36. The summed E-state index contributed by atoms with van der Waals surface area (Å²) in [6.45, 7) is 5.45. The number of carboxylic acids is 1. The van der Waals surface area contributed by atoms with Crippen molar-refractivity contribution in [2.45, 2.75) is 64.5 Å². The summed E-state index contributed by atoms with van der Waals surface area (Å²) in [5, 5.41) is 9.70. The third-order valence-corrected chi connectivity index (χ3v) is 4.48. The highest BCUT2D eigenvalue weighted by atomic mass is 16.4. The second kappa shape index (κ2) is 3.72. The van der Waals surface area contributed by atoms with E-state index in [-0.39, 0.29) is 17.4 Å². The predicted molar refractivity (Wildman–Crippen MR) is 63.5 cm³/mol. The Labute approximate surface area is 102 Å². The van der Waals surface area contributed by atoms with E-state index in [9.17, 15) is 14.7 Å². The highest BCUT2D eigenvalue weighted by molar-refractivity contribution is 5.88. The van der Waals surface area contributed by atoms with Gasteiger partial charge in [0.1, 0.15) is 5.54 Å². The Morgan fingerprint density at radius 2 is 1.82 bits per heavy atom. The molecule has 0 aliphatic heterocycles. The Bertz CT molecular complexity index is 360. The Morgan fingerprint density at radius 3 is 2.12 bits per heavy atom. The van der Waals surface area contributed by atoms with Crippen LogP contribution in [0.2, 0.25) is 0 Å². The molecule has 96 valence electrons. The van der Waals surface area contributed by atoms with Crippen LogP contribution in [-0.2, 0) is 9.59 Å². The van der Waals surface area contributed by atoms with Gasteiger partial charge in [0, 0.05) is 13.0 Å². The zero-order chi connectivity index (χ0) is 12.8. The van der Waals surface area contributed by atoms with Crippen LogP contribution in [-0.4, -0.2) is 33.5 Å². The molecule has 0 aromatic heterocycles. The monoisotopic (exact) mass is 239 g/mol. The molecule has 1 atom stereocenters. The van der Waals surface area contributed by atoms with E-state index in [1.807, 2.05) is 13.8 Å². The Hall–Kier alpha value is -1.06. The molecule has 2 aliphatic carbocycles. The van der Waals surface area contributed by atoms with Crippen LogP contribution in [0.4, 0.5) is 0 Å². The second-order valence-electron chi connectivity index (χ2n) is 6.02. The van der Waals surface area contributed by atoms with Crippen molar-refractivity contribution in [2.24, 2.45) is 5.41 Å². The topological polar surface area (TPSA) is 57.6 Å². The van der Waals surface area contributed by atoms with Crippen LogP contribution in [0.5, 0.6) is 0 Å². The quantitative estimate of drug-likeness (QED) is 0.819. The van der Waals surface area contributed by atoms with Gasteiger partial charge in [0.25, 0.3) is 0 Å². The number of carboxylic acid groups (broad SMARTS) is 1. The van der Waals surface area contributed by atoms with Crippen LogP contribution < -0.4 is 0 Å². The van der Waals surface area contributed by atoms with Gasteiger partial charge >= 0.3 is 5.97 Å². The van der Waals surface area contributed by atoms with Crippen molar-refractivity contribution in [3.8, 4) is 0 Å². The summed E-state index contributed by atoms with van der Waals surface area (Å²) in [7, 11) is 0. The van der Waals surface area contributed by atoms with Crippen molar-refractivity contribution >= 4 is 11.9 Å². The lowest BCUT2D eigenvalue weighted by molar-refractivity contribution is -0.167. The Morgan fingerprint density at radius 1 is 1.24 bits per heavy atom. The predicted octanol–water partition coefficient (Wildman–Crippen LogP) is 2.03. The summed E-state index contributed by atoms with van der Waals surface area (Å²) >= 11 is 0. The Balaban J connectivity index is 2.46. The van der Waals surface area contributed by atoms with Gasteiger partial charge in [-0.3, -0.25) is 4.79 Å². The molecule has 0 heterocycles. The lowest BCUT2D eigenvalue weighted by Crippen LogP contribution is -2.62. The van der Waals surface area contributed by atoms with Crippen LogP contribution in [0.1, 0.15) is 52.9 Å². The van der Waals surface area contributed by atoms with E-state index >= 15 is 0 Å². The number of rotatable bonds is 3. The van der Waals surface area contributed by atoms with Gasteiger partial charge in [-0.1, -0.05) is 13.8 Å². The van der Waals surface area contributed by atoms with Crippen LogP contribution >= 0.6 is 0 Å².